The largest absolute Gasteiger partial charge is 0.481 e. The molecule has 14 heavy (non-hydrogen) atoms. The lowest BCUT2D eigenvalue weighted by molar-refractivity contribution is -0.139. The molecule has 0 saturated carbocycles. The first-order chi connectivity index (χ1) is 6.59. The highest BCUT2D eigenvalue weighted by molar-refractivity contribution is 5.78. The number of halogens is 1. The second-order valence-corrected chi connectivity index (χ2v) is 3.42. The second-order valence-electron chi connectivity index (χ2n) is 3.42. The van der Waals surface area contributed by atoms with E-state index in [0.717, 1.165) is 0 Å². The fourth-order valence-electron chi connectivity index (χ4n) is 1.86. The van der Waals surface area contributed by atoms with Crippen LogP contribution in [0, 0.1) is 5.82 Å². The molecule has 2 rings (SSSR count). The van der Waals surface area contributed by atoms with Crippen molar-refractivity contribution in [1.29, 1.82) is 0 Å². The number of rotatable bonds is 1. The summed E-state index contributed by atoms with van der Waals surface area (Å²) >= 11 is 0. The maximum atomic E-state index is 12.9. The number of aliphatic hydroxyl groups is 1. The molecule has 1 aliphatic rings. The number of fused-ring (bicyclic) bond motifs is 1. The summed E-state index contributed by atoms with van der Waals surface area (Å²) in [4.78, 5) is 10.8. The van der Waals surface area contributed by atoms with Crippen LogP contribution in [0.5, 0.6) is 0 Å². The van der Waals surface area contributed by atoms with E-state index in [0.29, 0.717) is 11.1 Å². The van der Waals surface area contributed by atoms with Gasteiger partial charge in [-0.1, -0.05) is 6.07 Å². The molecule has 2 unspecified atom stereocenters. The SMILES string of the molecule is O=C(O)C1CC(O)c2ccc(F)cc21. The third-order valence-corrected chi connectivity index (χ3v) is 2.54. The van der Waals surface area contributed by atoms with Gasteiger partial charge >= 0.3 is 5.97 Å². The number of hydrogen-bond acceptors (Lipinski definition) is 2. The smallest absolute Gasteiger partial charge is 0.311 e. The van der Waals surface area contributed by atoms with Crippen molar-refractivity contribution in [3.05, 3.63) is 35.1 Å². The van der Waals surface area contributed by atoms with Crippen LogP contribution in [-0.4, -0.2) is 16.2 Å². The van der Waals surface area contributed by atoms with Gasteiger partial charge < -0.3 is 10.2 Å². The molecule has 0 spiro atoms. The molecular weight excluding hydrogens is 187 g/mol. The maximum Gasteiger partial charge on any atom is 0.311 e. The Labute approximate surface area is 79.8 Å². The summed E-state index contributed by atoms with van der Waals surface area (Å²) in [5.74, 6) is -2.27. The molecule has 1 aromatic carbocycles. The molecule has 4 heteroatoms. The van der Waals surface area contributed by atoms with Crippen molar-refractivity contribution in [3.63, 3.8) is 0 Å². The van der Waals surface area contributed by atoms with E-state index in [4.69, 9.17) is 5.11 Å². The van der Waals surface area contributed by atoms with Gasteiger partial charge in [-0.2, -0.15) is 0 Å². The van der Waals surface area contributed by atoms with E-state index in [1.807, 2.05) is 0 Å². The molecule has 0 heterocycles. The maximum absolute atomic E-state index is 12.9. The minimum absolute atomic E-state index is 0.133. The fraction of sp³-hybridized carbons (Fsp3) is 0.300. The van der Waals surface area contributed by atoms with Crippen molar-refractivity contribution < 1.29 is 19.4 Å². The molecule has 0 aliphatic heterocycles. The normalized spacial score (nSPS) is 24.7. The van der Waals surface area contributed by atoms with Gasteiger partial charge in [-0.05, 0) is 29.7 Å². The fourth-order valence-corrected chi connectivity index (χ4v) is 1.86. The predicted molar refractivity (Wildman–Crippen MR) is 46.4 cm³/mol. The molecular formula is C10H9FO3. The number of aliphatic carboxylic acids is 1. The Balaban J connectivity index is 2.51. The van der Waals surface area contributed by atoms with E-state index in [2.05, 4.69) is 0 Å². The van der Waals surface area contributed by atoms with E-state index in [-0.39, 0.29) is 6.42 Å². The van der Waals surface area contributed by atoms with E-state index >= 15 is 0 Å². The Morgan fingerprint density at radius 3 is 2.79 bits per heavy atom. The van der Waals surface area contributed by atoms with Gasteiger partial charge in [-0.15, -0.1) is 0 Å². The lowest BCUT2D eigenvalue weighted by atomic mass is 10.0. The molecule has 0 fully saturated rings. The van der Waals surface area contributed by atoms with E-state index < -0.39 is 23.8 Å². The Hall–Kier alpha value is -1.42. The summed E-state index contributed by atoms with van der Waals surface area (Å²) in [6, 6.07) is 3.86. The van der Waals surface area contributed by atoms with Crippen molar-refractivity contribution in [2.75, 3.05) is 0 Å². The Kier molecular flexibility index (Phi) is 2.00. The minimum Gasteiger partial charge on any atom is -0.481 e. The number of benzene rings is 1. The van der Waals surface area contributed by atoms with Crippen molar-refractivity contribution in [1.82, 2.24) is 0 Å². The van der Waals surface area contributed by atoms with Gasteiger partial charge in [0.2, 0.25) is 0 Å². The zero-order chi connectivity index (χ0) is 10.3. The topological polar surface area (TPSA) is 57.5 Å². The third-order valence-electron chi connectivity index (χ3n) is 2.54. The number of carbonyl (C=O) groups is 1. The monoisotopic (exact) mass is 196 g/mol. The Bertz CT molecular complexity index is 389. The highest BCUT2D eigenvalue weighted by atomic mass is 19.1. The van der Waals surface area contributed by atoms with Gasteiger partial charge in [0.1, 0.15) is 5.82 Å². The van der Waals surface area contributed by atoms with Gasteiger partial charge in [0.05, 0.1) is 12.0 Å². The summed E-state index contributed by atoms with van der Waals surface area (Å²) in [7, 11) is 0. The van der Waals surface area contributed by atoms with Gasteiger partial charge in [-0.25, -0.2) is 4.39 Å². The van der Waals surface area contributed by atoms with Crippen LogP contribution < -0.4 is 0 Å². The van der Waals surface area contributed by atoms with Crippen LogP contribution in [0.25, 0.3) is 0 Å². The molecule has 0 aromatic heterocycles. The van der Waals surface area contributed by atoms with Gasteiger partial charge in [0, 0.05) is 0 Å². The van der Waals surface area contributed by atoms with Crippen molar-refractivity contribution in [2.24, 2.45) is 0 Å². The summed E-state index contributed by atoms with van der Waals surface area (Å²) in [5, 5.41) is 18.3. The van der Waals surface area contributed by atoms with Crippen LogP contribution in [-0.2, 0) is 4.79 Å². The lowest BCUT2D eigenvalue weighted by Gasteiger charge is -2.04. The number of hydrogen-bond donors (Lipinski definition) is 2. The Morgan fingerprint density at radius 1 is 1.43 bits per heavy atom. The molecule has 0 amide bonds. The molecule has 1 aliphatic carbocycles. The van der Waals surface area contributed by atoms with Crippen LogP contribution in [0.4, 0.5) is 4.39 Å². The average molecular weight is 196 g/mol. The zero-order valence-electron chi connectivity index (χ0n) is 7.27. The average Bonchev–Trinajstić information content (AvgIpc) is 2.43. The predicted octanol–water partition coefficient (Wildman–Crippen LogP) is 1.43. The van der Waals surface area contributed by atoms with Gasteiger partial charge in [-0.3, -0.25) is 4.79 Å². The summed E-state index contributed by atoms with van der Waals surface area (Å²) < 4.78 is 12.9. The first-order valence-electron chi connectivity index (χ1n) is 4.30. The van der Waals surface area contributed by atoms with E-state index in [1.165, 1.54) is 18.2 Å². The first-order valence-corrected chi connectivity index (χ1v) is 4.30. The minimum atomic E-state index is -1.02. The third kappa shape index (κ3) is 1.28. The summed E-state index contributed by atoms with van der Waals surface area (Å²) in [6.45, 7) is 0. The lowest BCUT2D eigenvalue weighted by Crippen LogP contribution is -2.08. The van der Waals surface area contributed by atoms with Crippen LogP contribution in [0.15, 0.2) is 18.2 Å². The van der Waals surface area contributed by atoms with Crippen molar-refractivity contribution >= 4 is 5.97 Å². The number of carboxylic acid groups (broad SMARTS) is 1. The van der Waals surface area contributed by atoms with Gasteiger partial charge in [0.15, 0.2) is 0 Å². The van der Waals surface area contributed by atoms with Crippen LogP contribution in [0.2, 0.25) is 0 Å². The Morgan fingerprint density at radius 2 is 2.14 bits per heavy atom. The van der Waals surface area contributed by atoms with Crippen LogP contribution >= 0.6 is 0 Å². The molecule has 74 valence electrons. The second kappa shape index (κ2) is 3.06. The highest BCUT2D eigenvalue weighted by Crippen LogP contribution is 2.40. The summed E-state index contributed by atoms with van der Waals surface area (Å²) in [6.07, 6.45) is -0.652. The van der Waals surface area contributed by atoms with E-state index in [1.54, 1.807) is 0 Å². The molecule has 0 radical (unpaired) electrons. The van der Waals surface area contributed by atoms with Crippen molar-refractivity contribution in [2.45, 2.75) is 18.4 Å². The first kappa shape index (κ1) is 9.15. The quantitative estimate of drug-likeness (QED) is 0.714. The number of aliphatic hydroxyl groups excluding tert-OH is 1. The molecule has 1 aromatic rings. The molecule has 3 nitrogen and oxygen atoms in total. The molecule has 2 atom stereocenters. The summed E-state index contributed by atoms with van der Waals surface area (Å²) in [5.41, 5.74) is 0.920. The zero-order valence-corrected chi connectivity index (χ0v) is 7.27. The molecule has 0 bridgehead atoms. The molecule has 0 saturated heterocycles. The van der Waals surface area contributed by atoms with Crippen LogP contribution in [0.3, 0.4) is 0 Å². The van der Waals surface area contributed by atoms with Gasteiger partial charge in [0.25, 0.3) is 0 Å². The van der Waals surface area contributed by atoms with E-state index in [9.17, 15) is 14.3 Å². The molecule has 2 N–H and O–H groups in total. The van der Waals surface area contributed by atoms with Crippen LogP contribution in [0.1, 0.15) is 29.6 Å². The standard InChI is InChI=1S/C10H9FO3/c11-5-1-2-6-7(3-5)8(10(13)14)4-9(6)12/h1-3,8-9,12H,4H2,(H,13,14). The number of carboxylic acids is 1. The van der Waals surface area contributed by atoms with Crippen molar-refractivity contribution in [3.8, 4) is 0 Å². The highest BCUT2D eigenvalue weighted by Gasteiger charge is 2.34.